The summed E-state index contributed by atoms with van der Waals surface area (Å²) in [5.41, 5.74) is 6.25. The summed E-state index contributed by atoms with van der Waals surface area (Å²) in [6.07, 6.45) is 7.49. The minimum atomic E-state index is -0.0392. The Morgan fingerprint density at radius 1 is 1.32 bits per heavy atom. The van der Waals surface area contributed by atoms with Gasteiger partial charge in [0.2, 0.25) is 5.91 Å². The van der Waals surface area contributed by atoms with Crippen LogP contribution in [0.2, 0.25) is 0 Å². The minimum Gasteiger partial charge on any atom is -0.344 e. The summed E-state index contributed by atoms with van der Waals surface area (Å²) in [4.78, 5) is 14.8. The van der Waals surface area contributed by atoms with Crippen molar-refractivity contribution >= 4 is 5.91 Å². The largest absolute Gasteiger partial charge is 0.344 e. The molecule has 0 aromatic carbocycles. The molecule has 0 saturated heterocycles. The molecule has 4 rings (SSSR count). The van der Waals surface area contributed by atoms with E-state index < -0.39 is 0 Å². The molecule has 0 radical (unpaired) electrons. The SMILES string of the molecule is CC(N)CN(C)C(=O)C12CC3CC(CC(C)(C3)C1)C2. The zero-order chi connectivity index (χ0) is 13.8. The fourth-order valence-electron chi connectivity index (χ4n) is 5.89. The maximum atomic E-state index is 12.9. The van der Waals surface area contributed by atoms with Gasteiger partial charge >= 0.3 is 0 Å². The van der Waals surface area contributed by atoms with Crippen molar-refractivity contribution in [1.29, 1.82) is 0 Å². The van der Waals surface area contributed by atoms with E-state index in [0.717, 1.165) is 31.1 Å². The summed E-state index contributed by atoms with van der Waals surface area (Å²) in [6.45, 7) is 5.08. The predicted molar refractivity (Wildman–Crippen MR) is 76.5 cm³/mol. The monoisotopic (exact) mass is 264 g/mol. The van der Waals surface area contributed by atoms with Crippen molar-refractivity contribution < 1.29 is 4.79 Å². The molecule has 0 spiro atoms. The second-order valence-electron chi connectivity index (χ2n) is 8.21. The van der Waals surface area contributed by atoms with E-state index in [9.17, 15) is 4.79 Å². The summed E-state index contributed by atoms with van der Waals surface area (Å²) in [5, 5.41) is 0. The second-order valence-corrected chi connectivity index (χ2v) is 8.21. The Morgan fingerprint density at radius 2 is 1.89 bits per heavy atom. The third-order valence-corrected chi connectivity index (χ3v) is 5.72. The maximum Gasteiger partial charge on any atom is 0.228 e. The summed E-state index contributed by atoms with van der Waals surface area (Å²) < 4.78 is 0. The molecule has 4 saturated carbocycles. The van der Waals surface area contributed by atoms with E-state index >= 15 is 0 Å². The van der Waals surface area contributed by atoms with Gasteiger partial charge in [0.15, 0.2) is 0 Å². The van der Waals surface area contributed by atoms with Crippen molar-refractivity contribution in [3.8, 4) is 0 Å². The number of nitrogens with two attached hydrogens (primary N) is 1. The van der Waals surface area contributed by atoms with E-state index in [4.69, 9.17) is 5.73 Å². The predicted octanol–water partition coefficient (Wildman–Crippen LogP) is 2.40. The Hall–Kier alpha value is -0.570. The molecular formula is C16H28N2O. The molecule has 2 N–H and O–H groups in total. The van der Waals surface area contributed by atoms with Crippen LogP contribution in [-0.4, -0.2) is 30.4 Å². The molecule has 3 unspecified atom stereocenters. The second kappa shape index (κ2) is 4.21. The van der Waals surface area contributed by atoms with Gasteiger partial charge in [-0.15, -0.1) is 0 Å². The average molecular weight is 264 g/mol. The lowest BCUT2D eigenvalue weighted by molar-refractivity contribution is -0.164. The minimum absolute atomic E-state index is 0.0392. The van der Waals surface area contributed by atoms with Gasteiger partial charge in [-0.3, -0.25) is 4.79 Å². The van der Waals surface area contributed by atoms with Crippen LogP contribution >= 0.6 is 0 Å². The van der Waals surface area contributed by atoms with Gasteiger partial charge < -0.3 is 10.6 Å². The van der Waals surface area contributed by atoms with Crippen LogP contribution in [0.3, 0.4) is 0 Å². The maximum absolute atomic E-state index is 12.9. The van der Waals surface area contributed by atoms with E-state index in [1.807, 2.05) is 18.9 Å². The molecule has 3 heteroatoms. The van der Waals surface area contributed by atoms with Gasteiger partial charge in [0.25, 0.3) is 0 Å². The lowest BCUT2D eigenvalue weighted by Crippen LogP contribution is -2.57. The van der Waals surface area contributed by atoms with Crippen LogP contribution in [0, 0.1) is 22.7 Å². The summed E-state index contributed by atoms with van der Waals surface area (Å²) in [7, 11) is 1.94. The summed E-state index contributed by atoms with van der Waals surface area (Å²) in [5.74, 6) is 1.99. The number of nitrogens with zero attached hydrogens (tertiary/aromatic N) is 1. The molecule has 0 aliphatic heterocycles. The first-order chi connectivity index (χ1) is 8.82. The Bertz CT molecular complexity index is 376. The van der Waals surface area contributed by atoms with Gasteiger partial charge in [0.1, 0.15) is 0 Å². The van der Waals surface area contributed by atoms with Crippen molar-refractivity contribution in [2.45, 2.75) is 58.4 Å². The third kappa shape index (κ3) is 2.20. The van der Waals surface area contributed by atoms with Crippen LogP contribution in [0.15, 0.2) is 0 Å². The van der Waals surface area contributed by atoms with E-state index in [0.29, 0.717) is 17.9 Å². The molecular weight excluding hydrogens is 236 g/mol. The van der Waals surface area contributed by atoms with Crippen molar-refractivity contribution in [2.75, 3.05) is 13.6 Å². The third-order valence-electron chi connectivity index (χ3n) is 5.72. The van der Waals surface area contributed by atoms with Gasteiger partial charge in [0.05, 0.1) is 5.41 Å². The van der Waals surface area contributed by atoms with E-state index in [-0.39, 0.29) is 11.5 Å². The first-order valence-electron chi connectivity index (χ1n) is 7.83. The number of amides is 1. The molecule has 4 aliphatic rings. The van der Waals surface area contributed by atoms with Crippen molar-refractivity contribution in [3.05, 3.63) is 0 Å². The number of hydrogen-bond donors (Lipinski definition) is 1. The zero-order valence-electron chi connectivity index (χ0n) is 12.6. The fraction of sp³-hybridized carbons (Fsp3) is 0.938. The van der Waals surface area contributed by atoms with Crippen LogP contribution in [-0.2, 0) is 4.79 Å². The Labute approximate surface area is 116 Å². The van der Waals surface area contributed by atoms with Crippen LogP contribution < -0.4 is 5.73 Å². The van der Waals surface area contributed by atoms with Crippen LogP contribution in [0.1, 0.15) is 52.4 Å². The molecule has 0 aromatic rings. The highest BCUT2D eigenvalue weighted by atomic mass is 16.2. The highest BCUT2D eigenvalue weighted by Crippen LogP contribution is 2.65. The lowest BCUT2D eigenvalue weighted by Gasteiger charge is -2.61. The first kappa shape index (κ1) is 13.4. The molecule has 0 heterocycles. The molecule has 3 nitrogen and oxygen atoms in total. The van der Waals surface area contributed by atoms with E-state index in [1.54, 1.807) is 0 Å². The topological polar surface area (TPSA) is 46.3 Å². The smallest absolute Gasteiger partial charge is 0.228 e. The molecule has 19 heavy (non-hydrogen) atoms. The lowest BCUT2D eigenvalue weighted by atomic mass is 9.44. The number of likely N-dealkylation sites (N-methyl/N-ethyl adjacent to an activating group) is 1. The highest BCUT2D eigenvalue weighted by Gasteiger charge is 2.59. The molecule has 1 amide bonds. The van der Waals surface area contributed by atoms with Crippen molar-refractivity contribution in [2.24, 2.45) is 28.4 Å². The van der Waals surface area contributed by atoms with Crippen LogP contribution in [0.5, 0.6) is 0 Å². The standard InChI is InChI=1S/C16H28N2O/c1-11(17)9-18(3)14(19)16-7-12-4-13(8-16)6-15(2,5-12)10-16/h11-13H,4-10,17H2,1-3H3. The van der Waals surface area contributed by atoms with Gasteiger partial charge in [0, 0.05) is 19.6 Å². The molecule has 4 bridgehead atoms. The number of hydrogen-bond acceptors (Lipinski definition) is 2. The van der Waals surface area contributed by atoms with Gasteiger partial charge in [-0.05, 0) is 62.7 Å². The van der Waals surface area contributed by atoms with Gasteiger partial charge in [-0.2, -0.15) is 0 Å². The summed E-state index contributed by atoms with van der Waals surface area (Å²) >= 11 is 0. The van der Waals surface area contributed by atoms with E-state index in [1.165, 1.54) is 19.3 Å². The molecule has 0 aromatic heterocycles. The first-order valence-corrected chi connectivity index (χ1v) is 7.83. The fourth-order valence-corrected chi connectivity index (χ4v) is 5.89. The summed E-state index contributed by atoms with van der Waals surface area (Å²) in [6, 6.07) is 0.0680. The Kier molecular flexibility index (Phi) is 2.97. The number of rotatable bonds is 3. The van der Waals surface area contributed by atoms with Crippen molar-refractivity contribution in [1.82, 2.24) is 4.90 Å². The Balaban J connectivity index is 1.81. The van der Waals surface area contributed by atoms with Crippen LogP contribution in [0.4, 0.5) is 0 Å². The molecule has 4 aliphatic carbocycles. The zero-order valence-corrected chi connectivity index (χ0v) is 12.6. The quantitative estimate of drug-likeness (QED) is 0.851. The Morgan fingerprint density at radius 3 is 2.37 bits per heavy atom. The van der Waals surface area contributed by atoms with Crippen molar-refractivity contribution in [3.63, 3.8) is 0 Å². The highest BCUT2D eigenvalue weighted by molar-refractivity contribution is 5.83. The van der Waals surface area contributed by atoms with Gasteiger partial charge in [-0.25, -0.2) is 0 Å². The molecule has 3 atom stereocenters. The average Bonchev–Trinajstić information content (AvgIpc) is 2.23. The number of carbonyl (C=O) groups is 1. The molecule has 4 fully saturated rings. The number of carbonyl (C=O) groups excluding carboxylic acids is 1. The van der Waals surface area contributed by atoms with Gasteiger partial charge in [-0.1, -0.05) is 6.92 Å². The molecule has 108 valence electrons. The normalized spacial score (nSPS) is 45.3. The van der Waals surface area contributed by atoms with Crippen LogP contribution in [0.25, 0.3) is 0 Å². The van der Waals surface area contributed by atoms with E-state index in [2.05, 4.69) is 6.92 Å².